The van der Waals surface area contributed by atoms with E-state index in [1.165, 1.54) is 22.7 Å². The van der Waals surface area contributed by atoms with Gasteiger partial charge in [-0.25, -0.2) is 4.72 Å². The number of hydrogen-bond acceptors (Lipinski definition) is 4. The third kappa shape index (κ3) is 2.84. The van der Waals surface area contributed by atoms with Gasteiger partial charge >= 0.3 is 16.1 Å². The Morgan fingerprint density at radius 1 is 1.14 bits per heavy atom. The van der Waals surface area contributed by atoms with Crippen LogP contribution in [0.3, 0.4) is 0 Å². The van der Waals surface area contributed by atoms with Crippen LogP contribution in [0.15, 0.2) is 47.1 Å². The Bertz CT molecular complexity index is 753. The second kappa shape index (κ2) is 5.34. The van der Waals surface area contributed by atoms with E-state index in [4.69, 9.17) is 4.42 Å². The van der Waals surface area contributed by atoms with Crippen LogP contribution < -0.4 is 4.72 Å². The molecule has 3 rings (SSSR count). The first-order chi connectivity index (χ1) is 10.1. The molecule has 0 bridgehead atoms. The molecule has 6 nitrogen and oxygen atoms in total. The molecular formula is C14H14N2O4S. The van der Waals surface area contributed by atoms with Gasteiger partial charge in [0, 0.05) is 13.1 Å². The van der Waals surface area contributed by atoms with E-state index in [2.05, 4.69) is 0 Å². The first-order valence-corrected chi connectivity index (χ1v) is 7.93. The Morgan fingerprint density at radius 3 is 2.62 bits per heavy atom. The van der Waals surface area contributed by atoms with Gasteiger partial charge < -0.3 is 4.42 Å². The molecule has 1 amide bonds. The fourth-order valence-corrected chi connectivity index (χ4v) is 3.42. The van der Waals surface area contributed by atoms with E-state index < -0.39 is 16.1 Å². The predicted octanol–water partition coefficient (Wildman–Crippen LogP) is 1.31. The first kappa shape index (κ1) is 13.8. The minimum absolute atomic E-state index is 0.0315. The van der Waals surface area contributed by atoms with Gasteiger partial charge in [0.1, 0.15) is 0 Å². The summed E-state index contributed by atoms with van der Waals surface area (Å²) < 4.78 is 32.7. The van der Waals surface area contributed by atoms with Crippen LogP contribution in [0, 0.1) is 0 Å². The number of carbonyl (C=O) groups excluding carboxylic acids is 1. The first-order valence-electron chi connectivity index (χ1n) is 6.49. The molecule has 1 aliphatic rings. The summed E-state index contributed by atoms with van der Waals surface area (Å²) in [5.74, 6) is -0.796. The van der Waals surface area contributed by atoms with Gasteiger partial charge in [-0.1, -0.05) is 24.3 Å². The van der Waals surface area contributed by atoms with Crippen molar-refractivity contribution in [1.82, 2.24) is 9.03 Å². The maximum atomic E-state index is 12.3. The smallest absolute Gasteiger partial charge is 0.304 e. The maximum absolute atomic E-state index is 12.3. The van der Waals surface area contributed by atoms with Crippen molar-refractivity contribution in [3.8, 4) is 0 Å². The number of carbonyl (C=O) groups is 1. The van der Waals surface area contributed by atoms with Crippen molar-refractivity contribution >= 4 is 16.1 Å². The van der Waals surface area contributed by atoms with Crippen LogP contribution in [0.1, 0.15) is 21.7 Å². The summed E-state index contributed by atoms with van der Waals surface area (Å²) in [6.07, 6.45) is 1.95. The molecule has 110 valence electrons. The summed E-state index contributed by atoms with van der Waals surface area (Å²) in [6, 6.07) is 10.6. The molecule has 0 fully saturated rings. The number of benzene rings is 1. The van der Waals surface area contributed by atoms with Gasteiger partial charge in [0.15, 0.2) is 5.76 Å². The highest BCUT2D eigenvalue weighted by molar-refractivity contribution is 7.87. The summed E-state index contributed by atoms with van der Waals surface area (Å²) in [7, 11) is -3.88. The quantitative estimate of drug-likeness (QED) is 0.927. The lowest BCUT2D eigenvalue weighted by atomic mass is 10.0. The number of amides is 1. The van der Waals surface area contributed by atoms with E-state index in [1.54, 1.807) is 0 Å². The second-order valence-electron chi connectivity index (χ2n) is 4.77. The summed E-state index contributed by atoms with van der Waals surface area (Å²) in [6.45, 7) is 0.606. The van der Waals surface area contributed by atoms with Crippen LogP contribution in [-0.4, -0.2) is 25.2 Å². The third-order valence-corrected chi connectivity index (χ3v) is 4.84. The zero-order chi connectivity index (χ0) is 14.9. The Balaban J connectivity index is 1.76. The van der Waals surface area contributed by atoms with Gasteiger partial charge in [-0.05, 0) is 29.7 Å². The summed E-state index contributed by atoms with van der Waals surface area (Å²) in [4.78, 5) is 11.8. The van der Waals surface area contributed by atoms with Crippen molar-refractivity contribution < 1.29 is 17.6 Å². The van der Waals surface area contributed by atoms with E-state index in [1.807, 2.05) is 29.0 Å². The summed E-state index contributed by atoms with van der Waals surface area (Å²) >= 11 is 0. The van der Waals surface area contributed by atoms with Gasteiger partial charge in [0.05, 0.1) is 6.26 Å². The molecule has 0 unspecified atom stereocenters. The molecule has 1 aromatic carbocycles. The molecule has 0 aliphatic carbocycles. The number of nitrogens with one attached hydrogen (secondary N) is 1. The normalized spacial score (nSPS) is 15.4. The lowest BCUT2D eigenvalue weighted by molar-refractivity contribution is 0.0951. The van der Waals surface area contributed by atoms with Crippen LogP contribution >= 0.6 is 0 Å². The van der Waals surface area contributed by atoms with Crippen molar-refractivity contribution in [2.75, 3.05) is 6.54 Å². The van der Waals surface area contributed by atoms with Gasteiger partial charge in [-0.15, -0.1) is 0 Å². The molecule has 0 spiro atoms. The van der Waals surface area contributed by atoms with E-state index in [0.29, 0.717) is 13.0 Å². The maximum Gasteiger partial charge on any atom is 0.304 e. The SMILES string of the molecule is O=C(NS(=O)(=O)N1CCc2ccccc2C1)c1ccco1. The van der Waals surface area contributed by atoms with E-state index in [0.717, 1.165) is 11.1 Å². The average molecular weight is 306 g/mol. The Morgan fingerprint density at radius 2 is 1.90 bits per heavy atom. The molecule has 2 aromatic rings. The van der Waals surface area contributed by atoms with Gasteiger partial charge in [-0.3, -0.25) is 4.79 Å². The highest BCUT2D eigenvalue weighted by Gasteiger charge is 2.28. The van der Waals surface area contributed by atoms with Gasteiger partial charge in [0.2, 0.25) is 0 Å². The number of rotatable bonds is 3. The van der Waals surface area contributed by atoms with Crippen LogP contribution in [-0.2, 0) is 23.2 Å². The van der Waals surface area contributed by atoms with Crippen LogP contribution in [0.4, 0.5) is 0 Å². The zero-order valence-electron chi connectivity index (χ0n) is 11.2. The van der Waals surface area contributed by atoms with Gasteiger partial charge in [-0.2, -0.15) is 12.7 Å². The van der Waals surface area contributed by atoms with Crippen molar-refractivity contribution in [3.63, 3.8) is 0 Å². The highest BCUT2D eigenvalue weighted by Crippen LogP contribution is 2.20. The Hall–Kier alpha value is -2.12. The standard InChI is InChI=1S/C14H14N2O4S/c17-14(13-6-3-9-20-13)15-21(18,19)16-8-7-11-4-1-2-5-12(11)10-16/h1-6,9H,7-8,10H2,(H,15,17). The minimum Gasteiger partial charge on any atom is -0.459 e. The van der Waals surface area contributed by atoms with Crippen LogP contribution in [0.2, 0.25) is 0 Å². The number of hydrogen-bond donors (Lipinski definition) is 1. The van der Waals surface area contributed by atoms with Crippen molar-refractivity contribution in [3.05, 3.63) is 59.5 Å². The molecule has 1 N–H and O–H groups in total. The molecule has 0 saturated heterocycles. The fraction of sp³-hybridized carbons (Fsp3) is 0.214. The molecule has 2 heterocycles. The monoisotopic (exact) mass is 306 g/mol. The van der Waals surface area contributed by atoms with Crippen LogP contribution in [0.5, 0.6) is 0 Å². The van der Waals surface area contributed by atoms with Gasteiger partial charge in [0.25, 0.3) is 0 Å². The largest absolute Gasteiger partial charge is 0.459 e. The summed E-state index contributed by atoms with van der Waals surface area (Å²) in [5.41, 5.74) is 2.10. The Kier molecular flexibility index (Phi) is 3.52. The number of nitrogens with zero attached hydrogens (tertiary/aromatic N) is 1. The average Bonchev–Trinajstić information content (AvgIpc) is 3.00. The van der Waals surface area contributed by atoms with Crippen molar-refractivity contribution in [2.24, 2.45) is 0 Å². The molecular weight excluding hydrogens is 292 g/mol. The number of fused-ring (bicyclic) bond motifs is 1. The predicted molar refractivity (Wildman–Crippen MR) is 75.7 cm³/mol. The van der Waals surface area contributed by atoms with Crippen molar-refractivity contribution in [1.29, 1.82) is 0 Å². The molecule has 21 heavy (non-hydrogen) atoms. The second-order valence-corrected chi connectivity index (χ2v) is 6.44. The van der Waals surface area contributed by atoms with E-state index in [-0.39, 0.29) is 12.3 Å². The van der Waals surface area contributed by atoms with E-state index in [9.17, 15) is 13.2 Å². The fourth-order valence-electron chi connectivity index (χ4n) is 2.31. The molecule has 1 aliphatic heterocycles. The minimum atomic E-state index is -3.88. The molecule has 1 aromatic heterocycles. The third-order valence-electron chi connectivity index (χ3n) is 3.40. The lowest BCUT2D eigenvalue weighted by Crippen LogP contribution is -2.45. The Labute approximate surface area is 122 Å². The van der Waals surface area contributed by atoms with E-state index >= 15 is 0 Å². The molecule has 0 radical (unpaired) electrons. The molecule has 0 saturated carbocycles. The summed E-state index contributed by atoms with van der Waals surface area (Å²) in [5, 5.41) is 0. The topological polar surface area (TPSA) is 79.6 Å². The van der Waals surface area contributed by atoms with Crippen LogP contribution in [0.25, 0.3) is 0 Å². The zero-order valence-corrected chi connectivity index (χ0v) is 12.0. The van der Waals surface area contributed by atoms with Crippen molar-refractivity contribution in [2.45, 2.75) is 13.0 Å². The lowest BCUT2D eigenvalue weighted by Gasteiger charge is -2.27. The number of furan rings is 1. The molecule has 7 heteroatoms. The molecule has 0 atom stereocenters. The highest BCUT2D eigenvalue weighted by atomic mass is 32.2.